The van der Waals surface area contributed by atoms with E-state index in [4.69, 9.17) is 0 Å². The van der Waals surface area contributed by atoms with Crippen LogP contribution < -0.4 is 0 Å². The van der Waals surface area contributed by atoms with Crippen molar-refractivity contribution in [2.45, 2.75) is 76.3 Å². The third-order valence-corrected chi connectivity index (χ3v) is 5.80. The standard InChI is InChI=1S/2C9H15NO/c11-9-4-2-6-10-5-1-3-8(10)7-9;11-9-4-3-8-2-1-6-10(8)7-5-9/h2*8H,1-7H2. The monoisotopic (exact) mass is 306 g/mol. The maximum Gasteiger partial charge on any atom is 0.134 e. The first-order valence-electron chi connectivity index (χ1n) is 9.24. The Morgan fingerprint density at radius 3 is 2.14 bits per heavy atom. The van der Waals surface area contributed by atoms with Gasteiger partial charge in [0.15, 0.2) is 0 Å². The summed E-state index contributed by atoms with van der Waals surface area (Å²) in [7, 11) is 0. The van der Waals surface area contributed by atoms with Gasteiger partial charge in [-0.1, -0.05) is 0 Å². The molecule has 2 atom stereocenters. The molecule has 4 rings (SSSR count). The Morgan fingerprint density at radius 2 is 1.32 bits per heavy atom. The number of carbonyl (C=O) groups is 2. The Bertz CT molecular complexity index is 394. The number of hydrogen-bond donors (Lipinski definition) is 0. The van der Waals surface area contributed by atoms with E-state index in [1.807, 2.05) is 0 Å². The van der Waals surface area contributed by atoms with Crippen LogP contribution in [-0.2, 0) is 9.59 Å². The van der Waals surface area contributed by atoms with E-state index in [0.717, 1.165) is 57.7 Å². The second kappa shape index (κ2) is 7.69. The molecule has 4 heterocycles. The van der Waals surface area contributed by atoms with Crippen molar-refractivity contribution in [2.24, 2.45) is 0 Å². The second-order valence-electron chi connectivity index (χ2n) is 7.34. The van der Waals surface area contributed by atoms with Crippen LogP contribution >= 0.6 is 0 Å². The Labute approximate surface area is 134 Å². The summed E-state index contributed by atoms with van der Waals surface area (Å²) >= 11 is 0. The number of rotatable bonds is 0. The SMILES string of the molecule is O=C1CCC2CCCN2CC1.O=C1CCCN2CCCC2C1. The molecule has 0 amide bonds. The molecule has 22 heavy (non-hydrogen) atoms. The van der Waals surface area contributed by atoms with E-state index in [1.165, 1.54) is 38.8 Å². The zero-order chi connectivity index (χ0) is 15.4. The molecular weight excluding hydrogens is 276 g/mol. The van der Waals surface area contributed by atoms with Gasteiger partial charge in [-0.2, -0.15) is 0 Å². The van der Waals surface area contributed by atoms with Crippen molar-refractivity contribution in [2.75, 3.05) is 26.2 Å². The van der Waals surface area contributed by atoms with E-state index in [9.17, 15) is 9.59 Å². The molecule has 4 fully saturated rings. The average molecular weight is 306 g/mol. The fourth-order valence-electron chi connectivity index (χ4n) is 4.50. The average Bonchev–Trinajstić information content (AvgIpc) is 3.05. The predicted octanol–water partition coefficient (Wildman–Crippen LogP) is 2.41. The molecule has 2 unspecified atom stereocenters. The predicted molar refractivity (Wildman–Crippen MR) is 86.9 cm³/mol. The number of carbonyl (C=O) groups excluding carboxylic acids is 2. The molecule has 4 aliphatic heterocycles. The summed E-state index contributed by atoms with van der Waals surface area (Å²) in [5.74, 6) is 0.957. The van der Waals surface area contributed by atoms with Gasteiger partial charge in [0.25, 0.3) is 0 Å². The number of Topliss-reactive ketones (excluding diaryl/α,β-unsaturated/α-hetero) is 2. The molecule has 0 aliphatic carbocycles. The topological polar surface area (TPSA) is 40.6 Å². The van der Waals surface area contributed by atoms with Crippen molar-refractivity contribution in [1.29, 1.82) is 0 Å². The highest BCUT2D eigenvalue weighted by molar-refractivity contribution is 5.79. The minimum Gasteiger partial charge on any atom is -0.300 e. The Morgan fingerprint density at radius 1 is 0.636 bits per heavy atom. The van der Waals surface area contributed by atoms with Gasteiger partial charge in [-0.25, -0.2) is 0 Å². The van der Waals surface area contributed by atoms with Gasteiger partial charge in [-0.05, 0) is 58.2 Å². The van der Waals surface area contributed by atoms with E-state index in [1.54, 1.807) is 0 Å². The van der Waals surface area contributed by atoms with Crippen molar-refractivity contribution in [3.8, 4) is 0 Å². The van der Waals surface area contributed by atoms with Crippen LogP contribution in [0.5, 0.6) is 0 Å². The van der Waals surface area contributed by atoms with Crippen molar-refractivity contribution in [3.05, 3.63) is 0 Å². The number of hydrogen-bond acceptors (Lipinski definition) is 4. The smallest absolute Gasteiger partial charge is 0.134 e. The Hall–Kier alpha value is -0.740. The highest BCUT2D eigenvalue weighted by Crippen LogP contribution is 2.25. The third kappa shape index (κ3) is 4.17. The molecule has 124 valence electrons. The van der Waals surface area contributed by atoms with Crippen molar-refractivity contribution in [1.82, 2.24) is 9.80 Å². The van der Waals surface area contributed by atoms with Gasteiger partial charge in [0.05, 0.1) is 0 Å². The lowest BCUT2D eigenvalue weighted by Crippen LogP contribution is -2.29. The first-order chi connectivity index (χ1) is 10.7. The molecule has 0 aromatic rings. The highest BCUT2D eigenvalue weighted by atomic mass is 16.1. The van der Waals surface area contributed by atoms with Crippen molar-refractivity contribution >= 4 is 11.6 Å². The van der Waals surface area contributed by atoms with Crippen LogP contribution in [0.25, 0.3) is 0 Å². The summed E-state index contributed by atoms with van der Waals surface area (Å²) in [6.45, 7) is 4.66. The summed E-state index contributed by atoms with van der Waals surface area (Å²) in [5.41, 5.74) is 0. The molecule has 0 radical (unpaired) electrons. The molecule has 4 saturated heterocycles. The number of nitrogens with zero attached hydrogens (tertiary/aromatic N) is 2. The van der Waals surface area contributed by atoms with E-state index in [0.29, 0.717) is 17.6 Å². The molecule has 4 nitrogen and oxygen atoms in total. The molecule has 0 spiro atoms. The molecule has 0 saturated carbocycles. The molecule has 0 bridgehead atoms. The van der Waals surface area contributed by atoms with E-state index < -0.39 is 0 Å². The molecular formula is C18H30N2O2. The van der Waals surface area contributed by atoms with E-state index >= 15 is 0 Å². The van der Waals surface area contributed by atoms with Gasteiger partial charge >= 0.3 is 0 Å². The molecule has 4 aliphatic rings. The van der Waals surface area contributed by atoms with Crippen molar-refractivity contribution < 1.29 is 9.59 Å². The fourth-order valence-corrected chi connectivity index (χ4v) is 4.50. The fraction of sp³-hybridized carbons (Fsp3) is 0.889. The maximum absolute atomic E-state index is 11.2. The van der Waals surface area contributed by atoms with Crippen LogP contribution in [0.4, 0.5) is 0 Å². The largest absolute Gasteiger partial charge is 0.300 e. The van der Waals surface area contributed by atoms with Crippen LogP contribution in [0.3, 0.4) is 0 Å². The molecule has 0 aromatic heterocycles. The van der Waals surface area contributed by atoms with Gasteiger partial charge in [0.2, 0.25) is 0 Å². The summed E-state index contributed by atoms with van der Waals surface area (Å²) < 4.78 is 0. The zero-order valence-electron chi connectivity index (χ0n) is 13.8. The maximum atomic E-state index is 11.2. The van der Waals surface area contributed by atoms with Gasteiger partial charge in [-0.3, -0.25) is 19.4 Å². The molecule has 4 heteroatoms. The summed E-state index contributed by atoms with van der Waals surface area (Å²) in [6.07, 6.45) is 10.7. The highest BCUT2D eigenvalue weighted by Gasteiger charge is 2.28. The zero-order valence-corrected chi connectivity index (χ0v) is 13.8. The van der Waals surface area contributed by atoms with Gasteiger partial charge in [0, 0.05) is 44.3 Å². The van der Waals surface area contributed by atoms with Crippen LogP contribution in [0.15, 0.2) is 0 Å². The quantitative estimate of drug-likeness (QED) is 0.689. The number of ketones is 2. The summed E-state index contributed by atoms with van der Waals surface area (Å²) in [4.78, 5) is 27.3. The molecule has 0 N–H and O–H groups in total. The lowest BCUT2D eigenvalue weighted by atomic mass is 10.1. The Kier molecular flexibility index (Phi) is 5.64. The van der Waals surface area contributed by atoms with E-state index in [2.05, 4.69) is 9.80 Å². The van der Waals surface area contributed by atoms with Crippen LogP contribution in [0.2, 0.25) is 0 Å². The van der Waals surface area contributed by atoms with Gasteiger partial charge < -0.3 is 0 Å². The van der Waals surface area contributed by atoms with Crippen LogP contribution in [0.1, 0.15) is 64.2 Å². The normalized spacial score (nSPS) is 33.5. The first kappa shape index (κ1) is 16.1. The number of fused-ring (bicyclic) bond motifs is 2. The first-order valence-corrected chi connectivity index (χ1v) is 9.24. The van der Waals surface area contributed by atoms with Crippen LogP contribution in [0, 0.1) is 0 Å². The Balaban J connectivity index is 0.000000131. The van der Waals surface area contributed by atoms with Gasteiger partial charge in [-0.15, -0.1) is 0 Å². The van der Waals surface area contributed by atoms with Crippen LogP contribution in [-0.4, -0.2) is 59.6 Å². The molecule has 0 aromatic carbocycles. The third-order valence-electron chi connectivity index (χ3n) is 5.80. The van der Waals surface area contributed by atoms with Crippen molar-refractivity contribution in [3.63, 3.8) is 0 Å². The van der Waals surface area contributed by atoms with E-state index in [-0.39, 0.29) is 0 Å². The lowest BCUT2D eigenvalue weighted by molar-refractivity contribution is -0.119. The second-order valence-corrected chi connectivity index (χ2v) is 7.34. The lowest BCUT2D eigenvalue weighted by Gasteiger charge is -2.19. The van der Waals surface area contributed by atoms with Gasteiger partial charge in [0.1, 0.15) is 11.6 Å². The minimum atomic E-state index is 0.472. The summed E-state index contributed by atoms with van der Waals surface area (Å²) in [6, 6.07) is 1.37. The minimum absolute atomic E-state index is 0.472. The summed E-state index contributed by atoms with van der Waals surface area (Å²) in [5, 5.41) is 0.